The molecule has 0 aromatic carbocycles. The van der Waals surface area contributed by atoms with Crippen molar-refractivity contribution in [1.82, 2.24) is 29.7 Å². The molecule has 3 aromatic heterocycles. The van der Waals surface area contributed by atoms with Gasteiger partial charge in [0.05, 0.1) is 25.4 Å². The maximum Gasteiger partial charge on any atom is 0.273 e. The number of likely N-dealkylation sites (N-methyl/N-ethyl adjacent to an activating group) is 1. The Labute approximate surface area is 215 Å². The molecule has 4 heterocycles. The van der Waals surface area contributed by atoms with Crippen molar-refractivity contribution < 1.29 is 19.4 Å². The molecule has 10 nitrogen and oxygen atoms in total. The van der Waals surface area contributed by atoms with Crippen molar-refractivity contribution in [2.24, 2.45) is 5.92 Å². The Balaban J connectivity index is 1.65. The number of amides is 2. The first kappa shape index (κ1) is 25.7. The molecule has 0 unspecified atom stereocenters. The topological polar surface area (TPSA) is 122 Å². The number of ether oxygens (including phenoxy) is 1. The lowest BCUT2D eigenvalue weighted by Gasteiger charge is -2.37. The van der Waals surface area contributed by atoms with E-state index in [0.717, 1.165) is 0 Å². The molecule has 1 aliphatic rings. The number of carbonyl (C=O) groups excluding carboxylic acids is 2. The molecule has 1 aliphatic heterocycles. The Morgan fingerprint density at radius 1 is 1.22 bits per heavy atom. The van der Waals surface area contributed by atoms with E-state index in [-0.39, 0.29) is 48.0 Å². The second-order valence-corrected chi connectivity index (χ2v) is 8.94. The first-order valence-electron chi connectivity index (χ1n) is 11.9. The van der Waals surface area contributed by atoms with Gasteiger partial charge in [0.25, 0.3) is 11.8 Å². The molecule has 0 saturated heterocycles. The average Bonchev–Trinajstić information content (AvgIpc) is 2.94. The van der Waals surface area contributed by atoms with Crippen LogP contribution in [0.4, 0.5) is 0 Å². The number of nitrogens with zero attached hydrogens (tertiary/aromatic N) is 6. The van der Waals surface area contributed by atoms with E-state index in [1.807, 2.05) is 13.0 Å². The Kier molecular flexibility index (Phi) is 8.05. The van der Waals surface area contributed by atoms with Gasteiger partial charge in [-0.25, -0.2) is 15.0 Å². The molecule has 0 spiro atoms. The lowest BCUT2D eigenvalue weighted by Crippen LogP contribution is -2.50. The van der Waals surface area contributed by atoms with Crippen LogP contribution >= 0.6 is 0 Å². The normalized spacial score (nSPS) is 17.8. The smallest absolute Gasteiger partial charge is 0.273 e. The van der Waals surface area contributed by atoms with Gasteiger partial charge in [0.15, 0.2) is 0 Å². The van der Waals surface area contributed by atoms with Crippen molar-refractivity contribution in [2.45, 2.75) is 26.0 Å². The van der Waals surface area contributed by atoms with Crippen molar-refractivity contribution >= 4 is 11.8 Å². The fourth-order valence-corrected chi connectivity index (χ4v) is 3.92. The van der Waals surface area contributed by atoms with Gasteiger partial charge >= 0.3 is 0 Å². The zero-order valence-corrected chi connectivity index (χ0v) is 20.9. The molecule has 37 heavy (non-hydrogen) atoms. The number of aliphatic hydroxyl groups excluding tert-OH is 1. The predicted octanol–water partition coefficient (Wildman–Crippen LogP) is 1.66. The van der Waals surface area contributed by atoms with Crippen LogP contribution in [0.5, 0.6) is 5.88 Å². The maximum atomic E-state index is 13.5. The summed E-state index contributed by atoms with van der Waals surface area (Å²) in [5, 5.41) is 9.84. The Morgan fingerprint density at radius 2 is 2.05 bits per heavy atom. The van der Waals surface area contributed by atoms with Crippen molar-refractivity contribution in [3.63, 3.8) is 0 Å². The van der Waals surface area contributed by atoms with E-state index in [0.29, 0.717) is 17.8 Å². The molecule has 3 atom stereocenters. The van der Waals surface area contributed by atoms with Gasteiger partial charge in [-0.3, -0.25) is 14.6 Å². The molecule has 4 rings (SSSR count). The summed E-state index contributed by atoms with van der Waals surface area (Å²) in [4.78, 5) is 46.2. The molecule has 10 heteroatoms. The van der Waals surface area contributed by atoms with Gasteiger partial charge < -0.3 is 19.6 Å². The monoisotopic (exact) mass is 500 g/mol. The lowest BCUT2D eigenvalue weighted by molar-refractivity contribution is 0.0312. The predicted molar refractivity (Wildman–Crippen MR) is 135 cm³/mol. The van der Waals surface area contributed by atoms with Crippen LogP contribution in [-0.2, 0) is 0 Å². The van der Waals surface area contributed by atoms with Gasteiger partial charge in [-0.05, 0) is 31.0 Å². The summed E-state index contributed by atoms with van der Waals surface area (Å²) in [5.41, 5.74) is 1.59. The summed E-state index contributed by atoms with van der Waals surface area (Å²) in [6, 6.07) is 6.65. The quantitative estimate of drug-likeness (QED) is 0.525. The molecule has 0 radical (unpaired) electrons. The molecular formula is C27H28N6O4. The molecular weight excluding hydrogens is 472 g/mol. The number of fused-ring (bicyclic) bond motifs is 1. The largest absolute Gasteiger partial charge is 0.472 e. The standard InChI is InChI=1S/C27H28N6O4/c1-18-15-33(19(2)17-34)26(35)22-12-20(7-8-21-6-4-5-9-29-21)13-31-25(22)37-24(18)16-32(3)27(36)23-14-28-10-11-30-23/h4-6,9-14,18-19,24,34H,15-17H2,1-3H3/t18-,19+,24-/m0/s1. The minimum atomic E-state index is -0.483. The van der Waals surface area contributed by atoms with Gasteiger partial charge in [-0.2, -0.15) is 0 Å². The van der Waals surface area contributed by atoms with E-state index >= 15 is 0 Å². The summed E-state index contributed by atoms with van der Waals surface area (Å²) in [5.74, 6) is 5.34. The number of pyridine rings is 2. The van der Waals surface area contributed by atoms with Crippen LogP contribution in [0.2, 0.25) is 0 Å². The molecule has 1 N–H and O–H groups in total. The summed E-state index contributed by atoms with van der Waals surface area (Å²) < 4.78 is 6.24. The fourth-order valence-electron chi connectivity index (χ4n) is 3.92. The third kappa shape index (κ3) is 6.08. The Hall–Kier alpha value is -4.36. The van der Waals surface area contributed by atoms with E-state index < -0.39 is 12.1 Å². The van der Waals surface area contributed by atoms with Crippen LogP contribution < -0.4 is 4.74 Å². The van der Waals surface area contributed by atoms with Crippen molar-refractivity contribution in [2.75, 3.05) is 26.7 Å². The SMILES string of the molecule is C[C@H](CO)N1C[C@H](C)[C@H](CN(C)C(=O)c2cnccn2)Oc2ncc(C#Cc3ccccn3)cc2C1=O. The first-order chi connectivity index (χ1) is 17.9. The van der Waals surface area contributed by atoms with Gasteiger partial charge in [0, 0.05) is 49.9 Å². The summed E-state index contributed by atoms with van der Waals surface area (Å²) in [6.07, 6.45) is 7.09. The van der Waals surface area contributed by atoms with Crippen molar-refractivity contribution in [3.05, 3.63) is 77.8 Å². The van der Waals surface area contributed by atoms with Crippen LogP contribution in [0.15, 0.2) is 55.2 Å². The molecule has 0 bridgehead atoms. The third-order valence-corrected chi connectivity index (χ3v) is 6.10. The van der Waals surface area contributed by atoms with Crippen LogP contribution in [0.25, 0.3) is 0 Å². The van der Waals surface area contributed by atoms with Crippen LogP contribution in [0.3, 0.4) is 0 Å². The fraction of sp³-hybridized carbons (Fsp3) is 0.333. The molecule has 2 amide bonds. The van der Waals surface area contributed by atoms with Gasteiger partial charge in [-0.1, -0.05) is 18.9 Å². The number of hydrogen-bond acceptors (Lipinski definition) is 8. The van der Waals surface area contributed by atoms with E-state index in [2.05, 4.69) is 31.8 Å². The van der Waals surface area contributed by atoms with Gasteiger partial charge in [0.2, 0.25) is 5.88 Å². The van der Waals surface area contributed by atoms with Crippen LogP contribution in [-0.4, -0.2) is 85.5 Å². The molecule has 0 aliphatic carbocycles. The zero-order chi connectivity index (χ0) is 26.4. The summed E-state index contributed by atoms with van der Waals surface area (Å²) in [7, 11) is 1.66. The highest BCUT2D eigenvalue weighted by Gasteiger charge is 2.35. The average molecular weight is 501 g/mol. The summed E-state index contributed by atoms with van der Waals surface area (Å²) in [6.45, 7) is 4.07. The highest BCUT2D eigenvalue weighted by atomic mass is 16.5. The zero-order valence-electron chi connectivity index (χ0n) is 20.9. The molecule has 0 saturated carbocycles. The van der Waals surface area contributed by atoms with E-state index in [4.69, 9.17) is 4.74 Å². The van der Waals surface area contributed by atoms with Crippen LogP contribution in [0, 0.1) is 17.8 Å². The highest BCUT2D eigenvalue weighted by molar-refractivity contribution is 5.97. The number of aliphatic hydroxyl groups is 1. The summed E-state index contributed by atoms with van der Waals surface area (Å²) >= 11 is 0. The van der Waals surface area contributed by atoms with E-state index in [1.54, 1.807) is 49.5 Å². The molecule has 190 valence electrons. The number of carbonyl (C=O) groups is 2. The van der Waals surface area contributed by atoms with Crippen molar-refractivity contribution in [1.29, 1.82) is 0 Å². The maximum absolute atomic E-state index is 13.5. The van der Waals surface area contributed by atoms with Crippen LogP contribution in [0.1, 0.15) is 46.0 Å². The van der Waals surface area contributed by atoms with E-state index in [9.17, 15) is 14.7 Å². The second-order valence-electron chi connectivity index (χ2n) is 8.94. The van der Waals surface area contributed by atoms with Gasteiger partial charge in [0.1, 0.15) is 23.1 Å². The third-order valence-electron chi connectivity index (χ3n) is 6.10. The highest BCUT2D eigenvalue weighted by Crippen LogP contribution is 2.27. The van der Waals surface area contributed by atoms with Gasteiger partial charge in [-0.15, -0.1) is 0 Å². The first-order valence-corrected chi connectivity index (χ1v) is 11.9. The second kappa shape index (κ2) is 11.6. The minimum absolute atomic E-state index is 0.153. The minimum Gasteiger partial charge on any atom is -0.472 e. The number of rotatable bonds is 5. The Bertz CT molecular complexity index is 1310. The molecule has 0 fully saturated rings. The Morgan fingerprint density at radius 3 is 2.76 bits per heavy atom. The van der Waals surface area contributed by atoms with E-state index in [1.165, 1.54) is 23.5 Å². The number of hydrogen-bond donors (Lipinski definition) is 1. The lowest BCUT2D eigenvalue weighted by atomic mass is 9.99. The van der Waals surface area contributed by atoms with Crippen molar-refractivity contribution in [3.8, 4) is 17.7 Å². The molecule has 3 aromatic rings. The number of aromatic nitrogens is 4.